The van der Waals surface area contributed by atoms with Gasteiger partial charge in [0.15, 0.2) is 11.5 Å². The van der Waals surface area contributed by atoms with Crippen LogP contribution in [0, 0.1) is 0 Å². The van der Waals surface area contributed by atoms with E-state index in [0.29, 0.717) is 13.4 Å². The van der Waals surface area contributed by atoms with E-state index < -0.39 is 0 Å². The van der Waals surface area contributed by atoms with E-state index in [1.807, 2.05) is 30.0 Å². The maximum Gasteiger partial charge on any atom is 0.231 e. The Morgan fingerprint density at radius 2 is 2.19 bits per heavy atom. The molecule has 1 aromatic carbocycles. The molecule has 1 aliphatic heterocycles. The summed E-state index contributed by atoms with van der Waals surface area (Å²) in [6, 6.07) is 5.93. The Bertz CT molecular complexity index is 341. The topological polar surface area (TPSA) is 27.7 Å². The van der Waals surface area contributed by atoms with Crippen molar-refractivity contribution in [1.29, 1.82) is 0 Å². The lowest BCUT2D eigenvalue weighted by Crippen LogP contribution is -1.98. The molecule has 0 atom stereocenters. The molecule has 1 aliphatic rings. The smallest absolute Gasteiger partial charge is 0.231 e. The zero-order valence-corrected chi connectivity index (χ0v) is 10.2. The summed E-state index contributed by atoms with van der Waals surface area (Å²) in [4.78, 5) is 0. The molecule has 16 heavy (non-hydrogen) atoms. The van der Waals surface area contributed by atoms with Gasteiger partial charge in [0, 0.05) is 5.75 Å². The van der Waals surface area contributed by atoms with Crippen LogP contribution in [0.4, 0.5) is 0 Å². The first-order chi connectivity index (χ1) is 7.90. The number of hydrogen-bond donors (Lipinski definition) is 0. The van der Waals surface area contributed by atoms with E-state index in [9.17, 15) is 0 Å². The fourth-order valence-corrected chi connectivity index (χ4v) is 2.01. The minimum absolute atomic E-state index is 0.326. The van der Waals surface area contributed by atoms with Crippen molar-refractivity contribution in [3.63, 3.8) is 0 Å². The Morgan fingerprint density at radius 1 is 1.31 bits per heavy atom. The van der Waals surface area contributed by atoms with Crippen LogP contribution in [-0.2, 0) is 11.3 Å². The summed E-state index contributed by atoms with van der Waals surface area (Å²) in [5.41, 5.74) is 1.13. The molecule has 0 spiro atoms. The number of rotatable bonds is 6. The standard InChI is InChI=1S/C12H16O3S/c1-2-16-6-5-13-8-10-3-4-11-12(7-10)15-9-14-11/h3-4,7H,2,5-6,8-9H2,1H3. The van der Waals surface area contributed by atoms with Gasteiger partial charge < -0.3 is 14.2 Å². The molecule has 0 bridgehead atoms. The summed E-state index contributed by atoms with van der Waals surface area (Å²) in [6.45, 7) is 3.92. The second-order valence-electron chi connectivity index (χ2n) is 3.44. The summed E-state index contributed by atoms with van der Waals surface area (Å²) >= 11 is 1.89. The average molecular weight is 240 g/mol. The van der Waals surface area contributed by atoms with E-state index in [1.54, 1.807) is 0 Å². The van der Waals surface area contributed by atoms with Gasteiger partial charge >= 0.3 is 0 Å². The molecule has 1 aromatic rings. The predicted molar refractivity (Wildman–Crippen MR) is 65.2 cm³/mol. The van der Waals surface area contributed by atoms with Gasteiger partial charge in [0.05, 0.1) is 13.2 Å². The van der Waals surface area contributed by atoms with Crippen LogP contribution in [-0.4, -0.2) is 24.9 Å². The summed E-state index contributed by atoms with van der Waals surface area (Å²) in [5, 5.41) is 0. The van der Waals surface area contributed by atoms with Gasteiger partial charge in [-0.2, -0.15) is 11.8 Å². The third-order valence-corrected chi connectivity index (χ3v) is 3.15. The van der Waals surface area contributed by atoms with Gasteiger partial charge in [-0.05, 0) is 23.4 Å². The third kappa shape index (κ3) is 3.06. The number of thioether (sulfide) groups is 1. The molecule has 0 aromatic heterocycles. The Morgan fingerprint density at radius 3 is 3.06 bits per heavy atom. The van der Waals surface area contributed by atoms with Gasteiger partial charge in [-0.25, -0.2) is 0 Å². The maximum atomic E-state index is 5.56. The molecule has 0 aliphatic carbocycles. The highest BCUT2D eigenvalue weighted by Gasteiger charge is 2.12. The van der Waals surface area contributed by atoms with Gasteiger partial charge in [0.2, 0.25) is 6.79 Å². The number of hydrogen-bond acceptors (Lipinski definition) is 4. The van der Waals surface area contributed by atoms with Gasteiger partial charge in [0.25, 0.3) is 0 Å². The molecule has 0 N–H and O–H groups in total. The van der Waals surface area contributed by atoms with Crippen LogP contribution in [0.2, 0.25) is 0 Å². The van der Waals surface area contributed by atoms with Crippen LogP contribution >= 0.6 is 11.8 Å². The van der Waals surface area contributed by atoms with Gasteiger partial charge in [-0.3, -0.25) is 0 Å². The normalized spacial score (nSPS) is 13.1. The molecule has 1 heterocycles. The molecule has 2 rings (SSSR count). The lowest BCUT2D eigenvalue weighted by Gasteiger charge is -2.04. The number of fused-ring (bicyclic) bond motifs is 1. The second-order valence-corrected chi connectivity index (χ2v) is 4.83. The zero-order chi connectivity index (χ0) is 11.2. The van der Waals surface area contributed by atoms with Gasteiger partial charge in [-0.15, -0.1) is 0 Å². The number of ether oxygens (including phenoxy) is 3. The SMILES string of the molecule is CCSCCOCc1ccc2c(c1)OCO2. The van der Waals surface area contributed by atoms with Crippen molar-refractivity contribution in [1.82, 2.24) is 0 Å². The highest BCUT2D eigenvalue weighted by atomic mass is 32.2. The van der Waals surface area contributed by atoms with E-state index in [0.717, 1.165) is 35.2 Å². The third-order valence-electron chi connectivity index (χ3n) is 2.28. The molecule has 0 unspecified atom stereocenters. The summed E-state index contributed by atoms with van der Waals surface area (Å²) in [6.07, 6.45) is 0. The highest BCUT2D eigenvalue weighted by Crippen LogP contribution is 2.32. The predicted octanol–water partition coefficient (Wildman–Crippen LogP) is 2.69. The first-order valence-electron chi connectivity index (χ1n) is 5.44. The largest absolute Gasteiger partial charge is 0.454 e. The average Bonchev–Trinajstić information content (AvgIpc) is 2.76. The first-order valence-corrected chi connectivity index (χ1v) is 6.59. The lowest BCUT2D eigenvalue weighted by atomic mass is 10.2. The van der Waals surface area contributed by atoms with Crippen molar-refractivity contribution in [3.05, 3.63) is 23.8 Å². The van der Waals surface area contributed by atoms with Crippen molar-refractivity contribution in [2.75, 3.05) is 24.9 Å². The van der Waals surface area contributed by atoms with Crippen molar-refractivity contribution in [2.45, 2.75) is 13.5 Å². The minimum atomic E-state index is 0.326. The fraction of sp³-hybridized carbons (Fsp3) is 0.500. The fourth-order valence-electron chi connectivity index (χ4n) is 1.48. The van der Waals surface area contributed by atoms with Crippen LogP contribution in [0.1, 0.15) is 12.5 Å². The molecule has 0 saturated carbocycles. The van der Waals surface area contributed by atoms with Gasteiger partial charge in [0.1, 0.15) is 0 Å². The molecule has 0 radical (unpaired) electrons. The molecule has 0 amide bonds. The Kier molecular flexibility index (Phi) is 4.36. The minimum Gasteiger partial charge on any atom is -0.454 e. The van der Waals surface area contributed by atoms with E-state index in [2.05, 4.69) is 6.92 Å². The first kappa shape index (κ1) is 11.6. The Balaban J connectivity index is 1.77. The molecule has 88 valence electrons. The molecule has 4 heteroatoms. The molecule has 3 nitrogen and oxygen atoms in total. The van der Waals surface area contributed by atoms with Crippen molar-refractivity contribution in [3.8, 4) is 11.5 Å². The van der Waals surface area contributed by atoms with Crippen LogP contribution < -0.4 is 9.47 Å². The van der Waals surface area contributed by atoms with Crippen LogP contribution in [0.25, 0.3) is 0 Å². The van der Waals surface area contributed by atoms with Crippen molar-refractivity contribution >= 4 is 11.8 Å². The highest BCUT2D eigenvalue weighted by molar-refractivity contribution is 7.99. The van der Waals surface area contributed by atoms with Gasteiger partial charge in [-0.1, -0.05) is 13.0 Å². The summed E-state index contributed by atoms with van der Waals surface area (Å²) in [5.74, 6) is 3.85. The van der Waals surface area contributed by atoms with E-state index in [-0.39, 0.29) is 0 Å². The number of benzene rings is 1. The van der Waals surface area contributed by atoms with Crippen LogP contribution in [0.5, 0.6) is 11.5 Å². The lowest BCUT2D eigenvalue weighted by molar-refractivity contribution is 0.136. The maximum absolute atomic E-state index is 5.56. The van der Waals surface area contributed by atoms with E-state index in [4.69, 9.17) is 14.2 Å². The summed E-state index contributed by atoms with van der Waals surface area (Å²) < 4.78 is 16.1. The molecule has 0 saturated heterocycles. The monoisotopic (exact) mass is 240 g/mol. The Labute approximate surface area is 100 Å². The van der Waals surface area contributed by atoms with Crippen molar-refractivity contribution < 1.29 is 14.2 Å². The summed E-state index contributed by atoms with van der Waals surface area (Å²) in [7, 11) is 0. The van der Waals surface area contributed by atoms with E-state index >= 15 is 0 Å². The van der Waals surface area contributed by atoms with E-state index in [1.165, 1.54) is 0 Å². The van der Waals surface area contributed by atoms with Crippen LogP contribution in [0.15, 0.2) is 18.2 Å². The quantitative estimate of drug-likeness (QED) is 0.715. The molecule has 0 fully saturated rings. The second kappa shape index (κ2) is 6.01. The Hall–Kier alpha value is -0.870. The van der Waals surface area contributed by atoms with Crippen LogP contribution in [0.3, 0.4) is 0 Å². The molecular weight excluding hydrogens is 224 g/mol. The molecular formula is C12H16O3S. The zero-order valence-electron chi connectivity index (χ0n) is 9.40. The van der Waals surface area contributed by atoms with Crippen molar-refractivity contribution in [2.24, 2.45) is 0 Å².